The number of aliphatic hydroxyl groups excluding tert-OH is 1. The Morgan fingerprint density at radius 1 is 0.972 bits per heavy atom. The molecule has 9 heteroatoms. The monoisotopic (exact) mass is 804 g/mol. The van der Waals surface area contributed by atoms with Crippen LogP contribution in [-0.4, -0.2) is 50.8 Å². The molecule has 3 heterocycles. The fourth-order valence-corrected chi connectivity index (χ4v) is 15.2. The molecule has 1 radical (unpaired) electrons. The Kier molecular flexibility index (Phi) is 8.29. The van der Waals surface area contributed by atoms with Crippen LogP contribution in [0.3, 0.4) is 0 Å². The number of carbonyl (C=O) groups is 1. The molecule has 1 unspecified atom stereocenters. The molecular weight excluding hydrogens is 781 g/mol. The van der Waals surface area contributed by atoms with Gasteiger partial charge in [-0.3, -0.25) is 4.79 Å². The standard InChI is InChI=1S/C22H12N2OPSe2.C5H8O2.Ir/c25-26-16-5-1-3-7-18(16)27-20-11-14(15-13-23-9-10-24-15)12-21(22(20)26)28-19-8-4-2-6-17(19)26;1-4(6)3-5(2)7;/h1-11,13H;3,6H,1-2H3;/q-1;;/b;4-3-;. The number of allylic oxidation sites excluding steroid dienone is 2. The minimum Gasteiger partial charge on any atom is 0 e. The van der Waals surface area contributed by atoms with Crippen LogP contribution in [0, 0.1) is 6.07 Å². The number of aliphatic hydroxyl groups is 1. The number of aromatic nitrogens is 2. The molecule has 0 saturated heterocycles. The molecule has 4 aromatic rings. The minimum atomic E-state index is -2.86. The van der Waals surface area contributed by atoms with Gasteiger partial charge in [0.1, 0.15) is 0 Å². The van der Waals surface area contributed by atoms with Crippen LogP contribution < -0.4 is 33.8 Å². The number of carbonyl (C=O) groups excluding carboxylic acids is 1. The van der Waals surface area contributed by atoms with Crippen molar-refractivity contribution in [2.45, 2.75) is 13.8 Å². The second-order valence-corrected chi connectivity index (χ2v) is 15.1. The van der Waals surface area contributed by atoms with Gasteiger partial charge < -0.3 is 5.11 Å². The average molecular weight is 802 g/mol. The third-order valence-corrected chi connectivity index (χ3v) is 14.6. The Morgan fingerprint density at radius 2 is 1.61 bits per heavy atom. The van der Waals surface area contributed by atoms with Crippen LogP contribution in [0.25, 0.3) is 11.3 Å². The number of hydrogen-bond donors (Lipinski definition) is 1. The molecule has 5 nitrogen and oxygen atoms in total. The summed E-state index contributed by atoms with van der Waals surface area (Å²) in [6.07, 6.45) is 6.33. The van der Waals surface area contributed by atoms with Crippen molar-refractivity contribution >= 4 is 76.6 Å². The summed E-state index contributed by atoms with van der Waals surface area (Å²) < 4.78 is 19.5. The van der Waals surface area contributed by atoms with Crippen LogP contribution in [0.5, 0.6) is 0 Å². The largest absolute Gasteiger partial charge is 0 e. The van der Waals surface area contributed by atoms with Crippen molar-refractivity contribution in [2.75, 3.05) is 0 Å². The maximum absolute atomic E-state index is 14.8. The van der Waals surface area contributed by atoms with E-state index >= 15 is 0 Å². The summed E-state index contributed by atoms with van der Waals surface area (Å²) >= 11 is 0.193. The number of nitrogens with zero attached hydrogens (tertiary/aromatic N) is 2. The van der Waals surface area contributed by atoms with E-state index in [9.17, 15) is 9.36 Å². The Labute approximate surface area is 235 Å². The van der Waals surface area contributed by atoms with Crippen molar-refractivity contribution in [2.24, 2.45) is 0 Å². The predicted octanol–water partition coefficient (Wildman–Crippen LogP) is 0.555. The maximum atomic E-state index is 14.8. The van der Waals surface area contributed by atoms with Crippen LogP contribution in [0.1, 0.15) is 13.8 Å². The number of ketones is 1. The normalized spacial score (nSPS) is 16.8. The van der Waals surface area contributed by atoms with Gasteiger partial charge in [-0.2, -0.15) is 0 Å². The van der Waals surface area contributed by atoms with E-state index in [0.717, 1.165) is 31.6 Å². The molecule has 1 N–H and O–H groups in total. The second-order valence-electron chi connectivity index (χ2n) is 7.96. The van der Waals surface area contributed by atoms with E-state index in [4.69, 9.17) is 5.11 Å². The second kappa shape index (κ2) is 11.1. The zero-order valence-corrected chi connectivity index (χ0v) is 26.0. The number of rotatable bonds is 2. The first-order chi connectivity index (χ1) is 16.9. The van der Waals surface area contributed by atoms with Crippen LogP contribution in [0.4, 0.5) is 0 Å². The molecule has 1 aromatic heterocycles. The Hall–Kier alpha value is -2.13. The summed E-state index contributed by atoms with van der Waals surface area (Å²) in [5.74, 6) is -0.0625. The van der Waals surface area contributed by atoms with Gasteiger partial charge in [-0.25, -0.2) is 0 Å². The van der Waals surface area contributed by atoms with Gasteiger partial charge in [0.05, 0.1) is 5.76 Å². The van der Waals surface area contributed by atoms with Gasteiger partial charge in [0.15, 0.2) is 5.78 Å². The third-order valence-electron chi connectivity index (χ3n) is 5.38. The molecule has 36 heavy (non-hydrogen) atoms. The summed E-state index contributed by atoms with van der Waals surface area (Å²) in [7, 11) is -2.86. The van der Waals surface area contributed by atoms with E-state index in [0.29, 0.717) is 0 Å². The SMILES string of the molecule is CC(=O)/C=C(/C)O.O=P12c3ccccc3[Se]c3[c-]c(-c4cnccn4)cc(c31)[Se]c1ccccc12.[Ir]. The summed E-state index contributed by atoms with van der Waals surface area (Å²) in [6, 6.07) is 22.3. The molecule has 2 aliphatic heterocycles. The van der Waals surface area contributed by atoms with Crippen molar-refractivity contribution in [1.82, 2.24) is 9.97 Å². The molecule has 2 aliphatic rings. The zero-order valence-electron chi connectivity index (χ0n) is 19.3. The third kappa shape index (κ3) is 5.01. The first-order valence-electron chi connectivity index (χ1n) is 10.8. The molecule has 0 fully saturated rings. The molecule has 183 valence electrons. The Bertz CT molecular complexity index is 1460. The van der Waals surface area contributed by atoms with E-state index < -0.39 is 7.14 Å². The summed E-state index contributed by atoms with van der Waals surface area (Å²) in [4.78, 5) is 18.7. The van der Waals surface area contributed by atoms with Crippen molar-refractivity contribution < 1.29 is 34.6 Å². The van der Waals surface area contributed by atoms with Gasteiger partial charge in [0.2, 0.25) is 0 Å². The van der Waals surface area contributed by atoms with Crippen molar-refractivity contribution in [3.8, 4) is 11.3 Å². The number of hydrogen-bond acceptors (Lipinski definition) is 5. The minimum absolute atomic E-state index is 0. The Balaban J connectivity index is 0.000000338. The van der Waals surface area contributed by atoms with Crippen molar-refractivity contribution in [3.05, 3.63) is 91.1 Å². The molecule has 3 aromatic carbocycles. The van der Waals surface area contributed by atoms with E-state index in [1.165, 1.54) is 33.3 Å². The summed E-state index contributed by atoms with van der Waals surface area (Å²) in [5.41, 5.74) is 1.77. The van der Waals surface area contributed by atoms with Crippen LogP contribution in [0.15, 0.2) is 85.0 Å². The van der Waals surface area contributed by atoms with Gasteiger partial charge in [-0.15, -0.1) is 0 Å². The molecular formula is C27H20IrN2O3PSe2-. The predicted molar refractivity (Wildman–Crippen MR) is 143 cm³/mol. The quantitative estimate of drug-likeness (QED) is 0.0912. The maximum Gasteiger partial charge on any atom is 0 e. The van der Waals surface area contributed by atoms with Crippen LogP contribution in [0.2, 0.25) is 0 Å². The molecule has 1 atom stereocenters. The number of fused-ring (bicyclic) bond motifs is 4. The smallest absolute Gasteiger partial charge is 0 e. The number of benzene rings is 3. The molecule has 6 rings (SSSR count). The van der Waals surface area contributed by atoms with E-state index in [1.54, 1.807) is 18.6 Å². The molecule has 0 saturated carbocycles. The molecule has 0 amide bonds. The van der Waals surface area contributed by atoms with Gasteiger partial charge in [0, 0.05) is 26.2 Å². The summed E-state index contributed by atoms with van der Waals surface area (Å²) in [6.45, 7) is 2.85. The van der Waals surface area contributed by atoms with Crippen molar-refractivity contribution in [1.29, 1.82) is 0 Å². The van der Waals surface area contributed by atoms with E-state index in [-0.39, 0.29) is 61.6 Å². The van der Waals surface area contributed by atoms with Crippen molar-refractivity contribution in [3.63, 3.8) is 0 Å². The van der Waals surface area contributed by atoms with Gasteiger partial charge in [-0.1, -0.05) is 0 Å². The first-order valence-corrected chi connectivity index (χ1v) is 15.9. The fraction of sp³-hybridized carbons (Fsp3) is 0.0741. The van der Waals surface area contributed by atoms with E-state index in [2.05, 4.69) is 52.4 Å². The Morgan fingerprint density at radius 3 is 2.17 bits per heavy atom. The van der Waals surface area contributed by atoms with E-state index in [1.807, 2.05) is 18.2 Å². The van der Waals surface area contributed by atoms with Crippen LogP contribution in [-0.2, 0) is 29.5 Å². The van der Waals surface area contributed by atoms with Gasteiger partial charge in [-0.05, 0) is 13.8 Å². The fourth-order valence-electron chi connectivity index (χ4n) is 4.06. The average Bonchev–Trinajstić information content (AvgIpc) is 2.84. The molecule has 0 aliphatic carbocycles. The van der Waals surface area contributed by atoms with Gasteiger partial charge >= 0.3 is 176 Å². The molecule has 0 bridgehead atoms. The van der Waals surface area contributed by atoms with Crippen LogP contribution >= 0.6 is 7.14 Å². The zero-order chi connectivity index (χ0) is 24.6. The molecule has 0 spiro atoms. The van der Waals surface area contributed by atoms with Gasteiger partial charge in [0.25, 0.3) is 0 Å². The summed E-state index contributed by atoms with van der Waals surface area (Å²) in [5, 5.41) is 11.5. The first kappa shape index (κ1) is 26.9. The topological polar surface area (TPSA) is 80.1 Å².